The van der Waals surface area contributed by atoms with E-state index >= 15 is 0 Å². The first-order valence-electron chi connectivity index (χ1n) is 10.5. The largest absolute Gasteiger partial charge is 0.317 e. The molecule has 0 aliphatic rings. The summed E-state index contributed by atoms with van der Waals surface area (Å²) in [7, 11) is 0. The first-order valence-corrected chi connectivity index (χ1v) is 10.5. The molecule has 3 aromatic carbocycles. The molecule has 0 aliphatic heterocycles. The molecule has 0 aromatic heterocycles. The predicted octanol–water partition coefficient (Wildman–Crippen LogP) is 5.22. The van der Waals surface area contributed by atoms with E-state index in [0.717, 1.165) is 16.7 Å². The third kappa shape index (κ3) is 7.92. The molecule has 0 bridgehead atoms. The van der Waals surface area contributed by atoms with Crippen LogP contribution in [0.25, 0.3) is 12.2 Å². The van der Waals surface area contributed by atoms with Crippen LogP contribution in [0.3, 0.4) is 0 Å². The average molecular weight is 436 g/mol. The number of allylic oxidation sites excluding steroid dienone is 3. The van der Waals surface area contributed by atoms with Crippen LogP contribution in [0.2, 0.25) is 0 Å². The normalized spacial score (nSPS) is 12.2. The van der Waals surface area contributed by atoms with Gasteiger partial charge in [-0.15, -0.1) is 0 Å². The van der Waals surface area contributed by atoms with E-state index in [1.54, 1.807) is 36.4 Å². The number of carbonyl (C=O) groups excluding carboxylic acids is 2. The fraction of sp³-hybridized carbons (Fsp3) is 0.0357. The smallest absolute Gasteiger partial charge is 0.287 e. The zero-order chi connectivity index (χ0) is 23.3. The Bertz CT molecular complexity index is 1180. The van der Waals surface area contributed by atoms with Crippen LogP contribution in [-0.2, 0) is 4.79 Å². The Hall–Kier alpha value is -4.51. The first-order chi connectivity index (χ1) is 16.1. The standard InChI is InChI=1S/C28H25N3O2/c1-22(20-24-14-7-3-8-15-24)21-26(30-27(32)25-17-9-4-10-18-25)28(33)31-29-19-11-16-23-12-5-2-6-13-23/h2-21H,1H3,(H,30,32)(H,31,33)/b16-11+,22-20+,26-21-,29-19-. The summed E-state index contributed by atoms with van der Waals surface area (Å²) >= 11 is 0. The van der Waals surface area contributed by atoms with Gasteiger partial charge in [0, 0.05) is 11.8 Å². The number of nitrogens with zero attached hydrogens (tertiary/aromatic N) is 1. The number of amides is 2. The topological polar surface area (TPSA) is 70.6 Å². The monoisotopic (exact) mass is 435 g/mol. The van der Waals surface area contributed by atoms with Gasteiger partial charge in [-0.3, -0.25) is 9.59 Å². The molecule has 164 valence electrons. The molecule has 2 N–H and O–H groups in total. The van der Waals surface area contributed by atoms with Gasteiger partial charge in [-0.1, -0.05) is 91.0 Å². The van der Waals surface area contributed by atoms with Crippen molar-refractivity contribution in [1.82, 2.24) is 10.7 Å². The van der Waals surface area contributed by atoms with Gasteiger partial charge in [0.05, 0.1) is 0 Å². The third-order valence-corrected chi connectivity index (χ3v) is 4.51. The zero-order valence-corrected chi connectivity index (χ0v) is 18.3. The second-order valence-corrected chi connectivity index (χ2v) is 7.17. The van der Waals surface area contributed by atoms with Crippen LogP contribution in [0.4, 0.5) is 0 Å². The van der Waals surface area contributed by atoms with E-state index in [1.165, 1.54) is 6.21 Å². The van der Waals surface area contributed by atoms with E-state index in [2.05, 4.69) is 15.8 Å². The van der Waals surface area contributed by atoms with Crippen LogP contribution in [0.5, 0.6) is 0 Å². The van der Waals surface area contributed by atoms with Gasteiger partial charge in [-0.05, 0) is 47.9 Å². The second kappa shape index (κ2) is 12.4. The zero-order valence-electron chi connectivity index (χ0n) is 18.3. The van der Waals surface area contributed by atoms with E-state index in [0.29, 0.717) is 5.56 Å². The Morgan fingerprint density at radius 1 is 0.788 bits per heavy atom. The molecule has 0 spiro atoms. The van der Waals surface area contributed by atoms with Gasteiger partial charge < -0.3 is 5.32 Å². The highest BCUT2D eigenvalue weighted by molar-refractivity contribution is 6.03. The van der Waals surface area contributed by atoms with Gasteiger partial charge in [0.1, 0.15) is 5.70 Å². The van der Waals surface area contributed by atoms with Crippen LogP contribution in [0, 0.1) is 0 Å². The SMILES string of the molecule is CC(/C=C(\NC(=O)c1ccccc1)C(=O)N/N=C\C=C\c1ccccc1)=C\c1ccccc1. The maximum atomic E-state index is 12.8. The molecule has 2 amide bonds. The quantitative estimate of drug-likeness (QED) is 0.220. The van der Waals surface area contributed by atoms with Gasteiger partial charge in [0.2, 0.25) is 0 Å². The van der Waals surface area contributed by atoms with Crippen molar-refractivity contribution in [3.05, 3.63) is 131 Å². The molecule has 0 saturated carbocycles. The van der Waals surface area contributed by atoms with E-state index < -0.39 is 5.91 Å². The molecule has 0 radical (unpaired) electrons. The maximum Gasteiger partial charge on any atom is 0.287 e. The molecule has 0 saturated heterocycles. The first kappa shape index (κ1) is 23.2. The van der Waals surface area contributed by atoms with E-state index in [9.17, 15) is 9.59 Å². The van der Waals surface area contributed by atoms with E-state index in [1.807, 2.05) is 85.8 Å². The molecule has 3 aromatic rings. The Morgan fingerprint density at radius 3 is 2.00 bits per heavy atom. The van der Waals surface area contributed by atoms with Gasteiger partial charge in [0.25, 0.3) is 11.8 Å². The molecule has 0 fully saturated rings. The lowest BCUT2D eigenvalue weighted by molar-refractivity contribution is -0.117. The predicted molar refractivity (Wildman–Crippen MR) is 134 cm³/mol. The summed E-state index contributed by atoms with van der Waals surface area (Å²) in [5.74, 6) is -0.901. The van der Waals surface area contributed by atoms with Crippen molar-refractivity contribution in [2.24, 2.45) is 5.10 Å². The van der Waals surface area contributed by atoms with Crippen molar-refractivity contribution in [2.45, 2.75) is 6.92 Å². The molecule has 5 heteroatoms. The second-order valence-electron chi connectivity index (χ2n) is 7.17. The van der Waals surface area contributed by atoms with Crippen LogP contribution < -0.4 is 10.7 Å². The van der Waals surface area contributed by atoms with Gasteiger partial charge in [-0.25, -0.2) is 5.43 Å². The van der Waals surface area contributed by atoms with Crippen LogP contribution in [-0.4, -0.2) is 18.0 Å². The summed E-state index contributed by atoms with van der Waals surface area (Å²) in [5.41, 5.74) is 5.82. The van der Waals surface area contributed by atoms with Crippen molar-refractivity contribution in [1.29, 1.82) is 0 Å². The lowest BCUT2D eigenvalue weighted by atomic mass is 10.1. The molecule has 0 unspecified atom stereocenters. The van der Waals surface area contributed by atoms with Gasteiger partial charge in [0.15, 0.2) is 0 Å². The van der Waals surface area contributed by atoms with E-state index in [4.69, 9.17) is 0 Å². The van der Waals surface area contributed by atoms with Crippen LogP contribution in [0.15, 0.2) is 120 Å². The highest BCUT2D eigenvalue weighted by Gasteiger charge is 2.14. The lowest BCUT2D eigenvalue weighted by Crippen LogP contribution is -2.33. The van der Waals surface area contributed by atoms with Crippen LogP contribution >= 0.6 is 0 Å². The van der Waals surface area contributed by atoms with Crippen molar-refractivity contribution < 1.29 is 9.59 Å². The Labute approximate surface area is 193 Å². The Balaban J connectivity index is 1.74. The van der Waals surface area contributed by atoms with Crippen molar-refractivity contribution >= 4 is 30.2 Å². The third-order valence-electron chi connectivity index (χ3n) is 4.51. The fourth-order valence-corrected chi connectivity index (χ4v) is 2.94. The maximum absolute atomic E-state index is 12.8. The number of hydrogen-bond donors (Lipinski definition) is 2. The minimum atomic E-state index is -0.524. The average Bonchev–Trinajstić information content (AvgIpc) is 2.85. The molecule has 0 aliphatic carbocycles. The minimum Gasteiger partial charge on any atom is -0.317 e. The van der Waals surface area contributed by atoms with Crippen molar-refractivity contribution in [2.75, 3.05) is 0 Å². The highest BCUT2D eigenvalue weighted by atomic mass is 16.2. The summed E-state index contributed by atoms with van der Waals surface area (Å²) in [5, 5.41) is 6.65. The molecular weight excluding hydrogens is 410 g/mol. The van der Waals surface area contributed by atoms with Gasteiger partial charge >= 0.3 is 0 Å². The minimum absolute atomic E-state index is 0.0951. The number of benzene rings is 3. The molecule has 5 nitrogen and oxygen atoms in total. The number of rotatable bonds is 8. The number of carbonyl (C=O) groups is 2. The summed E-state index contributed by atoms with van der Waals surface area (Å²) in [6.07, 6.45) is 8.62. The molecule has 0 heterocycles. The summed E-state index contributed by atoms with van der Waals surface area (Å²) < 4.78 is 0. The van der Waals surface area contributed by atoms with Gasteiger partial charge in [-0.2, -0.15) is 5.10 Å². The van der Waals surface area contributed by atoms with Crippen molar-refractivity contribution in [3.63, 3.8) is 0 Å². The number of hydrogen-bond acceptors (Lipinski definition) is 3. The summed E-state index contributed by atoms with van der Waals surface area (Å²) in [6, 6.07) is 28.2. The lowest BCUT2D eigenvalue weighted by Gasteiger charge is -2.09. The summed E-state index contributed by atoms with van der Waals surface area (Å²) in [4.78, 5) is 25.4. The fourth-order valence-electron chi connectivity index (χ4n) is 2.94. The number of hydrazone groups is 1. The Morgan fingerprint density at radius 2 is 1.36 bits per heavy atom. The number of nitrogens with one attached hydrogen (secondary N) is 2. The van der Waals surface area contributed by atoms with E-state index in [-0.39, 0.29) is 11.6 Å². The highest BCUT2D eigenvalue weighted by Crippen LogP contribution is 2.10. The molecular formula is C28H25N3O2. The van der Waals surface area contributed by atoms with Crippen molar-refractivity contribution in [3.8, 4) is 0 Å². The molecule has 0 atom stereocenters. The summed E-state index contributed by atoms with van der Waals surface area (Å²) in [6.45, 7) is 1.86. The Kier molecular flexibility index (Phi) is 8.68. The van der Waals surface area contributed by atoms with Crippen LogP contribution in [0.1, 0.15) is 28.4 Å². The molecule has 3 rings (SSSR count). The molecule has 33 heavy (non-hydrogen) atoms.